The van der Waals surface area contributed by atoms with Gasteiger partial charge in [0, 0.05) is 14.1 Å². The Bertz CT molecular complexity index is 118. The van der Waals surface area contributed by atoms with Gasteiger partial charge in [-0.15, -0.1) is 0 Å². The van der Waals surface area contributed by atoms with E-state index in [1.165, 1.54) is 0 Å². The molecule has 1 fully saturated rings. The van der Waals surface area contributed by atoms with Crippen molar-refractivity contribution < 1.29 is 9.53 Å². The van der Waals surface area contributed by atoms with E-state index in [2.05, 4.69) is 0 Å². The second-order valence-electron chi connectivity index (χ2n) is 2.47. The molecule has 1 aliphatic rings. The zero-order chi connectivity index (χ0) is 6.85. The van der Waals surface area contributed by atoms with Crippen molar-refractivity contribution >= 4 is 5.91 Å². The average Bonchev–Trinajstić information content (AvgIpc) is 1.60. The van der Waals surface area contributed by atoms with Crippen molar-refractivity contribution in [3.05, 3.63) is 0 Å². The minimum Gasteiger partial charge on any atom is -0.380 e. The van der Waals surface area contributed by atoms with E-state index in [-0.39, 0.29) is 11.8 Å². The van der Waals surface area contributed by atoms with E-state index in [9.17, 15) is 4.79 Å². The van der Waals surface area contributed by atoms with Crippen molar-refractivity contribution in [2.75, 3.05) is 27.3 Å². The van der Waals surface area contributed by atoms with E-state index in [1.54, 1.807) is 19.0 Å². The van der Waals surface area contributed by atoms with Gasteiger partial charge in [0.2, 0.25) is 5.91 Å². The fraction of sp³-hybridized carbons (Fsp3) is 0.833. The predicted molar refractivity (Wildman–Crippen MR) is 33.0 cm³/mol. The SMILES string of the molecule is CN(C)C(=O)C1COC1. The van der Waals surface area contributed by atoms with Gasteiger partial charge in [-0.3, -0.25) is 4.79 Å². The molecule has 0 aromatic carbocycles. The molecule has 0 aromatic heterocycles. The summed E-state index contributed by atoms with van der Waals surface area (Å²) in [5.41, 5.74) is 0. The lowest BCUT2D eigenvalue weighted by Crippen LogP contribution is -2.41. The maximum atomic E-state index is 11.0. The van der Waals surface area contributed by atoms with E-state index in [0.717, 1.165) is 0 Å². The second-order valence-corrected chi connectivity index (χ2v) is 2.47. The first-order valence-electron chi connectivity index (χ1n) is 3.00. The number of hydrogen-bond acceptors (Lipinski definition) is 2. The molecule has 0 N–H and O–H groups in total. The smallest absolute Gasteiger partial charge is 0.229 e. The lowest BCUT2D eigenvalue weighted by Gasteiger charge is -2.27. The number of rotatable bonds is 1. The van der Waals surface area contributed by atoms with Crippen molar-refractivity contribution in [2.24, 2.45) is 5.92 Å². The van der Waals surface area contributed by atoms with Gasteiger partial charge in [0.05, 0.1) is 19.1 Å². The van der Waals surface area contributed by atoms with Gasteiger partial charge in [-0.2, -0.15) is 0 Å². The van der Waals surface area contributed by atoms with Crippen LogP contribution in [0.25, 0.3) is 0 Å². The Hall–Kier alpha value is -0.570. The van der Waals surface area contributed by atoms with Crippen molar-refractivity contribution in [2.45, 2.75) is 0 Å². The summed E-state index contributed by atoms with van der Waals surface area (Å²) in [6.45, 7) is 1.22. The molecule has 0 saturated carbocycles. The second kappa shape index (κ2) is 2.35. The molecule has 0 spiro atoms. The monoisotopic (exact) mass is 129 g/mol. The molecule has 0 radical (unpaired) electrons. The highest BCUT2D eigenvalue weighted by molar-refractivity contribution is 5.79. The molecule has 0 atom stereocenters. The van der Waals surface area contributed by atoms with Gasteiger partial charge in [0.25, 0.3) is 0 Å². The van der Waals surface area contributed by atoms with Gasteiger partial charge in [-0.1, -0.05) is 0 Å². The number of ether oxygens (including phenoxy) is 1. The molecule has 52 valence electrons. The van der Waals surface area contributed by atoms with Crippen molar-refractivity contribution in [3.8, 4) is 0 Å². The maximum Gasteiger partial charge on any atom is 0.229 e. The van der Waals surface area contributed by atoms with Gasteiger partial charge < -0.3 is 9.64 Å². The first-order chi connectivity index (χ1) is 4.22. The molecule has 1 rings (SSSR count). The first kappa shape index (κ1) is 6.55. The van der Waals surface area contributed by atoms with Gasteiger partial charge in [0.15, 0.2) is 0 Å². The molecule has 0 aliphatic carbocycles. The summed E-state index contributed by atoms with van der Waals surface area (Å²) in [5.74, 6) is 0.321. The predicted octanol–water partition coefficient (Wildman–Crippen LogP) is -0.279. The van der Waals surface area contributed by atoms with E-state index in [1.807, 2.05) is 0 Å². The van der Waals surface area contributed by atoms with E-state index < -0.39 is 0 Å². The lowest BCUT2D eigenvalue weighted by molar-refractivity contribution is -0.147. The summed E-state index contributed by atoms with van der Waals surface area (Å²) in [6.07, 6.45) is 0. The summed E-state index contributed by atoms with van der Waals surface area (Å²) in [4.78, 5) is 12.6. The van der Waals surface area contributed by atoms with Crippen LogP contribution < -0.4 is 0 Å². The first-order valence-corrected chi connectivity index (χ1v) is 3.00. The zero-order valence-corrected chi connectivity index (χ0v) is 5.76. The molecule has 3 heteroatoms. The minimum atomic E-state index is 0.139. The minimum absolute atomic E-state index is 0.139. The number of nitrogens with zero attached hydrogens (tertiary/aromatic N) is 1. The van der Waals surface area contributed by atoms with Crippen LogP contribution >= 0.6 is 0 Å². The lowest BCUT2D eigenvalue weighted by atomic mass is 10.1. The average molecular weight is 129 g/mol. The fourth-order valence-electron chi connectivity index (χ4n) is 0.743. The van der Waals surface area contributed by atoms with Crippen LogP contribution in [-0.2, 0) is 9.53 Å². The van der Waals surface area contributed by atoms with E-state index in [4.69, 9.17) is 4.74 Å². The molecule has 1 amide bonds. The van der Waals surface area contributed by atoms with Crippen LogP contribution in [-0.4, -0.2) is 38.1 Å². The van der Waals surface area contributed by atoms with Crippen LogP contribution in [0.4, 0.5) is 0 Å². The Morgan fingerprint density at radius 3 is 2.22 bits per heavy atom. The summed E-state index contributed by atoms with van der Waals surface area (Å²) < 4.78 is 4.86. The van der Waals surface area contributed by atoms with Crippen LogP contribution in [0.2, 0.25) is 0 Å². The van der Waals surface area contributed by atoms with Crippen LogP contribution in [0.5, 0.6) is 0 Å². The molecule has 1 heterocycles. The number of hydrogen-bond donors (Lipinski definition) is 0. The Morgan fingerprint density at radius 2 is 2.11 bits per heavy atom. The fourth-order valence-corrected chi connectivity index (χ4v) is 0.743. The highest BCUT2D eigenvalue weighted by atomic mass is 16.5. The number of carbonyl (C=O) groups excluding carboxylic acids is 1. The van der Waals surface area contributed by atoms with Crippen molar-refractivity contribution in [3.63, 3.8) is 0 Å². The Labute approximate surface area is 54.6 Å². The summed E-state index contributed by atoms with van der Waals surface area (Å²) in [6, 6.07) is 0. The highest BCUT2D eigenvalue weighted by Crippen LogP contribution is 2.11. The van der Waals surface area contributed by atoms with E-state index in [0.29, 0.717) is 13.2 Å². The largest absolute Gasteiger partial charge is 0.380 e. The van der Waals surface area contributed by atoms with Crippen LogP contribution in [0, 0.1) is 5.92 Å². The maximum absolute atomic E-state index is 11.0. The topological polar surface area (TPSA) is 29.5 Å². The molecule has 0 bridgehead atoms. The Morgan fingerprint density at radius 1 is 1.56 bits per heavy atom. The molecule has 9 heavy (non-hydrogen) atoms. The van der Waals surface area contributed by atoms with Crippen molar-refractivity contribution in [1.29, 1.82) is 0 Å². The number of carbonyl (C=O) groups is 1. The molecular formula is C6H11NO2. The highest BCUT2D eigenvalue weighted by Gasteiger charge is 2.27. The number of amides is 1. The third-order valence-electron chi connectivity index (χ3n) is 1.43. The third-order valence-corrected chi connectivity index (χ3v) is 1.43. The molecule has 3 nitrogen and oxygen atoms in total. The molecule has 1 aliphatic heterocycles. The molecule has 1 saturated heterocycles. The van der Waals surface area contributed by atoms with Crippen LogP contribution in [0.15, 0.2) is 0 Å². The van der Waals surface area contributed by atoms with E-state index >= 15 is 0 Å². The van der Waals surface area contributed by atoms with Crippen molar-refractivity contribution in [1.82, 2.24) is 4.90 Å². The Balaban J connectivity index is 2.32. The van der Waals surface area contributed by atoms with Gasteiger partial charge in [0.1, 0.15) is 0 Å². The van der Waals surface area contributed by atoms with Gasteiger partial charge in [-0.25, -0.2) is 0 Å². The quantitative estimate of drug-likeness (QED) is 0.487. The third kappa shape index (κ3) is 1.21. The zero-order valence-electron chi connectivity index (χ0n) is 5.76. The Kier molecular flexibility index (Phi) is 1.71. The molecule has 0 aromatic rings. The summed E-state index contributed by atoms with van der Waals surface area (Å²) in [5, 5.41) is 0. The summed E-state index contributed by atoms with van der Waals surface area (Å²) >= 11 is 0. The molecular weight excluding hydrogens is 118 g/mol. The van der Waals surface area contributed by atoms with Crippen LogP contribution in [0.1, 0.15) is 0 Å². The van der Waals surface area contributed by atoms with Gasteiger partial charge in [-0.05, 0) is 0 Å². The van der Waals surface area contributed by atoms with Gasteiger partial charge >= 0.3 is 0 Å². The molecule has 0 unspecified atom stereocenters. The van der Waals surface area contributed by atoms with Crippen LogP contribution in [0.3, 0.4) is 0 Å². The normalized spacial score (nSPS) is 18.9. The summed E-state index contributed by atoms with van der Waals surface area (Å²) in [7, 11) is 3.53. The standard InChI is InChI=1S/C6H11NO2/c1-7(2)6(8)5-3-9-4-5/h5H,3-4H2,1-2H3.